The van der Waals surface area contributed by atoms with Gasteiger partial charge in [0, 0.05) is 46.3 Å². The molecule has 0 radical (unpaired) electrons. The molecule has 0 aliphatic carbocycles. The van der Waals surface area contributed by atoms with Crippen molar-refractivity contribution in [1.82, 2.24) is 15.0 Å². The van der Waals surface area contributed by atoms with Crippen LogP contribution >= 0.6 is 0 Å². The van der Waals surface area contributed by atoms with Crippen LogP contribution in [0.2, 0.25) is 0 Å². The van der Waals surface area contributed by atoms with Crippen molar-refractivity contribution in [3.8, 4) is 17.2 Å². The molecule has 0 saturated carbocycles. The first-order chi connectivity index (χ1) is 14.6. The van der Waals surface area contributed by atoms with Crippen molar-refractivity contribution in [3.05, 3.63) is 54.4 Å². The third-order valence-electron chi connectivity index (χ3n) is 4.64. The van der Waals surface area contributed by atoms with Crippen molar-refractivity contribution in [2.24, 2.45) is 0 Å². The number of nitrogens with one attached hydrogen (secondary N) is 3. The number of hydrogen-bond acceptors (Lipinski definition) is 7. The summed E-state index contributed by atoms with van der Waals surface area (Å²) in [5, 5.41) is 7.66. The number of methoxy groups -OCH3 is 3. The zero-order chi connectivity index (χ0) is 21.1. The topological polar surface area (TPSA) is 93.3 Å². The third kappa shape index (κ3) is 3.80. The Labute approximate surface area is 174 Å². The number of anilines is 4. The van der Waals surface area contributed by atoms with Crippen LogP contribution in [0.25, 0.3) is 10.9 Å². The second kappa shape index (κ2) is 8.20. The van der Waals surface area contributed by atoms with E-state index in [0.717, 1.165) is 22.3 Å². The maximum Gasteiger partial charge on any atom is 0.229 e. The average Bonchev–Trinajstić information content (AvgIpc) is 3.14. The molecule has 0 aliphatic rings. The molecular formula is C22H23N5O3. The minimum atomic E-state index is 0.437. The summed E-state index contributed by atoms with van der Waals surface area (Å²) in [5.41, 5.74) is 3.85. The van der Waals surface area contributed by atoms with Crippen LogP contribution in [0.1, 0.15) is 5.69 Å². The van der Waals surface area contributed by atoms with Crippen molar-refractivity contribution < 1.29 is 14.2 Å². The van der Waals surface area contributed by atoms with Crippen LogP contribution < -0.4 is 24.8 Å². The van der Waals surface area contributed by atoms with E-state index in [1.54, 1.807) is 39.7 Å². The quantitative estimate of drug-likeness (QED) is 0.407. The van der Waals surface area contributed by atoms with Crippen LogP contribution in [0.4, 0.5) is 23.1 Å². The number of H-pyrrole nitrogens is 1. The molecule has 4 aromatic rings. The van der Waals surface area contributed by atoms with Gasteiger partial charge in [0.2, 0.25) is 11.7 Å². The number of rotatable bonds is 7. The lowest BCUT2D eigenvalue weighted by Crippen LogP contribution is -2.02. The molecule has 8 heteroatoms. The van der Waals surface area contributed by atoms with E-state index in [0.29, 0.717) is 34.7 Å². The molecule has 8 nitrogen and oxygen atoms in total. The SMILES string of the molecule is COc1cc(Nc2nccc(Nc3cccc4[nH]c(C)cc34)n2)cc(OC)c1OC. The molecule has 154 valence electrons. The smallest absolute Gasteiger partial charge is 0.229 e. The van der Waals surface area contributed by atoms with E-state index in [1.165, 1.54) is 0 Å². The van der Waals surface area contributed by atoms with E-state index < -0.39 is 0 Å². The molecule has 0 spiro atoms. The Morgan fingerprint density at radius 2 is 1.67 bits per heavy atom. The lowest BCUT2D eigenvalue weighted by molar-refractivity contribution is 0.324. The summed E-state index contributed by atoms with van der Waals surface area (Å²) in [6.07, 6.45) is 1.69. The van der Waals surface area contributed by atoms with E-state index in [2.05, 4.69) is 31.7 Å². The van der Waals surface area contributed by atoms with E-state index in [4.69, 9.17) is 14.2 Å². The van der Waals surface area contributed by atoms with Gasteiger partial charge >= 0.3 is 0 Å². The Bertz CT molecular complexity index is 1160. The Morgan fingerprint density at radius 3 is 2.37 bits per heavy atom. The number of aromatic amines is 1. The van der Waals surface area contributed by atoms with Crippen LogP contribution in [0.5, 0.6) is 17.2 Å². The molecule has 0 unspecified atom stereocenters. The van der Waals surface area contributed by atoms with Crippen molar-refractivity contribution in [2.75, 3.05) is 32.0 Å². The number of aryl methyl sites for hydroxylation is 1. The van der Waals surface area contributed by atoms with E-state index in [9.17, 15) is 0 Å². The average molecular weight is 405 g/mol. The zero-order valence-corrected chi connectivity index (χ0v) is 17.2. The fourth-order valence-electron chi connectivity index (χ4n) is 3.31. The summed E-state index contributed by atoms with van der Waals surface area (Å²) >= 11 is 0. The minimum absolute atomic E-state index is 0.437. The maximum absolute atomic E-state index is 5.40. The minimum Gasteiger partial charge on any atom is -0.493 e. The van der Waals surface area contributed by atoms with Gasteiger partial charge in [-0.25, -0.2) is 4.98 Å². The fraction of sp³-hybridized carbons (Fsp3) is 0.182. The highest BCUT2D eigenvalue weighted by Crippen LogP contribution is 2.40. The fourth-order valence-corrected chi connectivity index (χ4v) is 3.31. The molecule has 0 bridgehead atoms. The molecule has 2 aromatic carbocycles. The van der Waals surface area contributed by atoms with Gasteiger partial charge < -0.3 is 29.8 Å². The van der Waals surface area contributed by atoms with Gasteiger partial charge in [-0.1, -0.05) is 6.07 Å². The first-order valence-corrected chi connectivity index (χ1v) is 9.36. The summed E-state index contributed by atoms with van der Waals surface area (Å²) in [5.74, 6) is 2.72. The van der Waals surface area contributed by atoms with E-state index in [1.807, 2.05) is 31.2 Å². The van der Waals surface area contributed by atoms with Crippen LogP contribution in [0.3, 0.4) is 0 Å². The molecule has 2 aromatic heterocycles. The van der Waals surface area contributed by atoms with E-state index in [-0.39, 0.29) is 0 Å². The molecule has 0 amide bonds. The zero-order valence-electron chi connectivity index (χ0n) is 17.2. The van der Waals surface area contributed by atoms with Gasteiger partial charge in [0.05, 0.1) is 21.3 Å². The monoisotopic (exact) mass is 405 g/mol. The second-order valence-corrected chi connectivity index (χ2v) is 6.65. The maximum atomic E-state index is 5.40. The van der Waals surface area contributed by atoms with E-state index >= 15 is 0 Å². The summed E-state index contributed by atoms with van der Waals surface area (Å²) < 4.78 is 16.2. The number of ether oxygens (including phenoxy) is 3. The highest BCUT2D eigenvalue weighted by atomic mass is 16.5. The summed E-state index contributed by atoms with van der Waals surface area (Å²) in [4.78, 5) is 12.2. The normalized spacial score (nSPS) is 10.7. The van der Waals surface area contributed by atoms with Gasteiger partial charge in [-0.3, -0.25) is 0 Å². The predicted molar refractivity (Wildman–Crippen MR) is 118 cm³/mol. The molecule has 30 heavy (non-hydrogen) atoms. The largest absolute Gasteiger partial charge is 0.493 e. The molecule has 2 heterocycles. The van der Waals surface area contributed by atoms with Crippen molar-refractivity contribution in [3.63, 3.8) is 0 Å². The number of hydrogen-bond donors (Lipinski definition) is 3. The summed E-state index contributed by atoms with van der Waals surface area (Å²) in [6.45, 7) is 2.04. The van der Waals surface area contributed by atoms with Crippen LogP contribution in [0.15, 0.2) is 48.7 Å². The Morgan fingerprint density at radius 1 is 0.900 bits per heavy atom. The molecular weight excluding hydrogens is 382 g/mol. The standard InChI is InChI=1S/C22H23N5O3/c1-13-10-15-16(24-13)6-5-7-17(15)26-20-8-9-23-22(27-20)25-14-11-18(28-2)21(30-4)19(12-14)29-3/h5-12,24H,1-4H3,(H2,23,25,26,27). The first kappa shape index (κ1) is 19.4. The first-order valence-electron chi connectivity index (χ1n) is 9.36. The van der Waals surface area contributed by atoms with Gasteiger partial charge in [-0.2, -0.15) is 4.98 Å². The van der Waals surface area contributed by atoms with Crippen molar-refractivity contribution in [2.45, 2.75) is 6.92 Å². The third-order valence-corrected chi connectivity index (χ3v) is 4.64. The van der Waals surface area contributed by atoms with Gasteiger partial charge in [0.25, 0.3) is 0 Å². The number of nitrogens with zero attached hydrogens (tertiary/aromatic N) is 2. The van der Waals surface area contributed by atoms with Crippen LogP contribution in [-0.4, -0.2) is 36.3 Å². The highest BCUT2D eigenvalue weighted by Gasteiger charge is 2.14. The highest BCUT2D eigenvalue weighted by molar-refractivity contribution is 5.94. The number of aromatic nitrogens is 3. The van der Waals surface area contributed by atoms with Gasteiger partial charge in [0.15, 0.2) is 11.5 Å². The van der Waals surface area contributed by atoms with Crippen LogP contribution in [0, 0.1) is 6.92 Å². The number of benzene rings is 2. The molecule has 0 fully saturated rings. The lowest BCUT2D eigenvalue weighted by Gasteiger charge is -2.15. The molecule has 0 saturated heterocycles. The van der Waals surface area contributed by atoms with Crippen molar-refractivity contribution in [1.29, 1.82) is 0 Å². The van der Waals surface area contributed by atoms with Crippen molar-refractivity contribution >= 4 is 34.0 Å². The van der Waals surface area contributed by atoms with Gasteiger partial charge in [-0.15, -0.1) is 0 Å². The molecule has 0 atom stereocenters. The Kier molecular flexibility index (Phi) is 5.30. The van der Waals surface area contributed by atoms with Crippen LogP contribution in [-0.2, 0) is 0 Å². The Balaban J connectivity index is 1.61. The molecule has 4 rings (SSSR count). The summed E-state index contributed by atoms with van der Waals surface area (Å²) in [7, 11) is 4.72. The van der Waals surface area contributed by atoms with Gasteiger partial charge in [0.1, 0.15) is 5.82 Å². The lowest BCUT2D eigenvalue weighted by atomic mass is 10.2. The number of fused-ring (bicyclic) bond motifs is 1. The van der Waals surface area contributed by atoms with Gasteiger partial charge in [-0.05, 0) is 31.2 Å². The molecule has 0 aliphatic heterocycles. The second-order valence-electron chi connectivity index (χ2n) is 6.65. The summed E-state index contributed by atoms with van der Waals surface area (Å²) in [6, 6.07) is 13.6. The predicted octanol–water partition coefficient (Wildman–Crippen LogP) is 4.78. The molecule has 3 N–H and O–H groups in total. The Hall–Kier alpha value is -3.94.